The molecule has 0 aliphatic carbocycles. The summed E-state index contributed by atoms with van der Waals surface area (Å²) >= 11 is 0. The number of hydrogen-bond donors (Lipinski definition) is 2. The largest absolute Gasteiger partial charge is 0.345 e. The molecule has 2 N–H and O–H groups in total. The third-order valence-electron chi connectivity index (χ3n) is 3.62. The number of nitrogens with one attached hydrogen (secondary N) is 2. The molecule has 0 aliphatic rings. The van der Waals surface area contributed by atoms with Crippen LogP contribution in [0.4, 0.5) is 0 Å². The van der Waals surface area contributed by atoms with Crippen molar-refractivity contribution >= 4 is 0 Å². The summed E-state index contributed by atoms with van der Waals surface area (Å²) in [5, 5.41) is 7.27. The minimum atomic E-state index is 0.852. The van der Waals surface area contributed by atoms with E-state index in [-0.39, 0.29) is 0 Å². The van der Waals surface area contributed by atoms with E-state index in [1.165, 1.54) is 11.3 Å². The summed E-state index contributed by atoms with van der Waals surface area (Å²) < 4.78 is 0. The summed E-state index contributed by atoms with van der Waals surface area (Å²) in [6, 6.07) is 0. The minimum absolute atomic E-state index is 0.852. The Kier molecular flexibility index (Phi) is 4.04. The number of rotatable bonds is 5. The summed E-state index contributed by atoms with van der Waals surface area (Å²) in [6.45, 7) is 10.1. The summed E-state index contributed by atoms with van der Waals surface area (Å²) in [7, 11) is 2.12. The minimum Gasteiger partial charge on any atom is -0.345 e. The first kappa shape index (κ1) is 13.8. The molecule has 19 heavy (non-hydrogen) atoms. The SMILES string of the molecule is Cc1nc(CN(C)CCc2c(C)n[nH]c2C)[nH]c1C. The van der Waals surface area contributed by atoms with Crippen LogP contribution in [0.3, 0.4) is 0 Å². The Balaban J connectivity index is 1.90. The first-order valence-corrected chi connectivity index (χ1v) is 6.68. The molecule has 0 saturated heterocycles. The van der Waals surface area contributed by atoms with Crippen LogP contribution in [-0.2, 0) is 13.0 Å². The molecule has 104 valence electrons. The fraction of sp³-hybridized carbons (Fsp3) is 0.571. The van der Waals surface area contributed by atoms with E-state index in [0.29, 0.717) is 0 Å². The number of aromatic amines is 2. The topological polar surface area (TPSA) is 60.6 Å². The Morgan fingerprint density at radius 1 is 1.05 bits per heavy atom. The summed E-state index contributed by atoms with van der Waals surface area (Å²) in [4.78, 5) is 10.1. The van der Waals surface area contributed by atoms with Gasteiger partial charge in [-0.1, -0.05) is 0 Å². The molecule has 2 aromatic rings. The van der Waals surface area contributed by atoms with E-state index in [1.807, 2.05) is 6.92 Å². The maximum atomic E-state index is 4.51. The fourth-order valence-electron chi connectivity index (χ4n) is 2.28. The molecular formula is C14H23N5. The van der Waals surface area contributed by atoms with Gasteiger partial charge in [-0.25, -0.2) is 4.98 Å². The second-order valence-electron chi connectivity index (χ2n) is 5.29. The van der Waals surface area contributed by atoms with E-state index >= 15 is 0 Å². The molecule has 0 amide bonds. The third-order valence-corrected chi connectivity index (χ3v) is 3.62. The molecule has 5 nitrogen and oxygen atoms in total. The van der Waals surface area contributed by atoms with E-state index in [4.69, 9.17) is 0 Å². The highest BCUT2D eigenvalue weighted by molar-refractivity contribution is 5.23. The van der Waals surface area contributed by atoms with E-state index in [1.54, 1.807) is 0 Å². The van der Waals surface area contributed by atoms with Crippen LogP contribution in [0.1, 0.15) is 34.2 Å². The van der Waals surface area contributed by atoms with Crippen molar-refractivity contribution in [1.29, 1.82) is 0 Å². The predicted molar refractivity (Wildman–Crippen MR) is 76.2 cm³/mol. The van der Waals surface area contributed by atoms with Gasteiger partial charge in [0.05, 0.1) is 17.9 Å². The summed E-state index contributed by atoms with van der Waals surface area (Å²) in [5.41, 5.74) is 5.86. The van der Waals surface area contributed by atoms with Crippen LogP contribution in [0.2, 0.25) is 0 Å². The average molecular weight is 261 g/mol. The fourth-order valence-corrected chi connectivity index (χ4v) is 2.28. The normalized spacial score (nSPS) is 11.5. The maximum absolute atomic E-state index is 4.51. The number of imidazole rings is 1. The van der Waals surface area contributed by atoms with E-state index in [2.05, 4.69) is 52.9 Å². The monoisotopic (exact) mass is 261 g/mol. The van der Waals surface area contributed by atoms with Gasteiger partial charge in [-0.3, -0.25) is 10.00 Å². The van der Waals surface area contributed by atoms with Crippen LogP contribution in [0, 0.1) is 27.7 Å². The highest BCUT2D eigenvalue weighted by atomic mass is 15.1. The molecule has 0 fully saturated rings. The second-order valence-corrected chi connectivity index (χ2v) is 5.29. The second kappa shape index (κ2) is 5.57. The number of H-pyrrole nitrogens is 2. The van der Waals surface area contributed by atoms with Gasteiger partial charge in [0.25, 0.3) is 0 Å². The number of nitrogens with zero attached hydrogens (tertiary/aromatic N) is 3. The molecule has 0 unspecified atom stereocenters. The first-order chi connectivity index (χ1) is 8.97. The average Bonchev–Trinajstić information content (AvgIpc) is 2.81. The third kappa shape index (κ3) is 3.23. The van der Waals surface area contributed by atoms with Gasteiger partial charge in [-0.15, -0.1) is 0 Å². The molecule has 0 radical (unpaired) electrons. The number of aromatic nitrogens is 4. The Hall–Kier alpha value is -1.62. The summed E-state index contributed by atoms with van der Waals surface area (Å²) in [6.07, 6.45) is 1.02. The van der Waals surface area contributed by atoms with Gasteiger partial charge >= 0.3 is 0 Å². The van der Waals surface area contributed by atoms with Crippen LogP contribution in [0.5, 0.6) is 0 Å². The molecule has 2 rings (SSSR count). The van der Waals surface area contributed by atoms with Crippen molar-refractivity contribution in [3.63, 3.8) is 0 Å². The van der Waals surface area contributed by atoms with Crippen molar-refractivity contribution in [3.05, 3.63) is 34.2 Å². The molecule has 2 heterocycles. The molecule has 5 heteroatoms. The van der Waals surface area contributed by atoms with Crippen molar-refractivity contribution in [3.8, 4) is 0 Å². The van der Waals surface area contributed by atoms with Gasteiger partial charge in [0.15, 0.2) is 0 Å². The molecule has 0 aromatic carbocycles. The number of hydrogen-bond acceptors (Lipinski definition) is 3. The molecule has 0 saturated carbocycles. The molecule has 0 aliphatic heterocycles. The lowest BCUT2D eigenvalue weighted by atomic mass is 10.1. The standard InChI is InChI=1S/C14H23N5/c1-9-10(2)16-14(15-9)8-19(5)7-6-13-11(3)17-18-12(13)4/h6-8H2,1-5H3,(H,15,16)(H,17,18). The van der Waals surface area contributed by atoms with E-state index in [9.17, 15) is 0 Å². The van der Waals surface area contributed by atoms with Gasteiger partial charge in [-0.05, 0) is 46.7 Å². The maximum Gasteiger partial charge on any atom is 0.120 e. The lowest BCUT2D eigenvalue weighted by Crippen LogP contribution is -2.21. The van der Waals surface area contributed by atoms with Gasteiger partial charge < -0.3 is 4.98 Å². The van der Waals surface area contributed by atoms with Crippen LogP contribution >= 0.6 is 0 Å². The van der Waals surface area contributed by atoms with Gasteiger partial charge in [0, 0.05) is 17.9 Å². The molecule has 0 spiro atoms. The Morgan fingerprint density at radius 2 is 1.79 bits per heavy atom. The van der Waals surface area contributed by atoms with E-state index < -0.39 is 0 Å². The highest BCUT2D eigenvalue weighted by Gasteiger charge is 2.09. The van der Waals surface area contributed by atoms with Crippen molar-refractivity contribution in [2.45, 2.75) is 40.7 Å². The van der Waals surface area contributed by atoms with E-state index in [0.717, 1.165) is 42.4 Å². The van der Waals surface area contributed by atoms with Crippen LogP contribution in [-0.4, -0.2) is 38.7 Å². The van der Waals surface area contributed by atoms with Crippen molar-refractivity contribution < 1.29 is 0 Å². The van der Waals surface area contributed by atoms with Crippen molar-refractivity contribution in [1.82, 2.24) is 25.1 Å². The van der Waals surface area contributed by atoms with Gasteiger partial charge in [0.2, 0.25) is 0 Å². The number of aryl methyl sites for hydroxylation is 4. The van der Waals surface area contributed by atoms with Gasteiger partial charge in [0.1, 0.15) is 5.82 Å². The lowest BCUT2D eigenvalue weighted by molar-refractivity contribution is 0.323. The quantitative estimate of drug-likeness (QED) is 0.866. The highest BCUT2D eigenvalue weighted by Crippen LogP contribution is 2.11. The first-order valence-electron chi connectivity index (χ1n) is 6.68. The Bertz CT molecular complexity index is 513. The van der Waals surface area contributed by atoms with Crippen LogP contribution < -0.4 is 0 Å². The van der Waals surface area contributed by atoms with Crippen molar-refractivity contribution in [2.75, 3.05) is 13.6 Å². The van der Waals surface area contributed by atoms with Crippen LogP contribution in [0.25, 0.3) is 0 Å². The Labute approximate surface area is 114 Å². The molecular weight excluding hydrogens is 238 g/mol. The van der Waals surface area contributed by atoms with Crippen LogP contribution in [0.15, 0.2) is 0 Å². The Morgan fingerprint density at radius 3 is 2.32 bits per heavy atom. The zero-order chi connectivity index (χ0) is 14.0. The molecule has 0 bridgehead atoms. The van der Waals surface area contributed by atoms with Crippen molar-refractivity contribution in [2.24, 2.45) is 0 Å². The number of likely N-dealkylation sites (N-methyl/N-ethyl adjacent to an activating group) is 1. The molecule has 0 atom stereocenters. The van der Waals surface area contributed by atoms with Gasteiger partial charge in [-0.2, -0.15) is 5.10 Å². The predicted octanol–water partition coefficient (Wildman–Crippen LogP) is 2.04. The zero-order valence-corrected chi connectivity index (χ0v) is 12.5. The summed E-state index contributed by atoms with van der Waals surface area (Å²) in [5.74, 6) is 1.04. The zero-order valence-electron chi connectivity index (χ0n) is 12.5. The lowest BCUT2D eigenvalue weighted by Gasteiger charge is -2.15. The molecule has 2 aromatic heterocycles. The smallest absolute Gasteiger partial charge is 0.120 e.